The van der Waals surface area contributed by atoms with Crippen LogP contribution in [-0.2, 0) is 21.4 Å². The highest BCUT2D eigenvalue weighted by atomic mass is 16.4. The van der Waals surface area contributed by atoms with Crippen molar-refractivity contribution in [2.75, 3.05) is 13.1 Å². The maximum Gasteiger partial charge on any atom is 0.311 e. The molecule has 1 fully saturated rings. The van der Waals surface area contributed by atoms with Gasteiger partial charge in [0.1, 0.15) is 0 Å². The van der Waals surface area contributed by atoms with Gasteiger partial charge in [0, 0.05) is 13.1 Å². The van der Waals surface area contributed by atoms with E-state index in [-0.39, 0.29) is 12.5 Å². The number of rotatable bonds is 4. The zero-order chi connectivity index (χ0) is 16.5. The molecule has 22 heavy (non-hydrogen) atoms. The second-order valence-corrected chi connectivity index (χ2v) is 7.02. The third-order valence-electron chi connectivity index (χ3n) is 4.90. The Morgan fingerprint density at radius 3 is 2.32 bits per heavy atom. The molecule has 120 valence electrons. The Hall–Kier alpha value is -1.84. The van der Waals surface area contributed by atoms with E-state index >= 15 is 0 Å². The summed E-state index contributed by atoms with van der Waals surface area (Å²) in [5.41, 5.74) is 0.749. The van der Waals surface area contributed by atoms with Gasteiger partial charge in [0.15, 0.2) is 0 Å². The molecule has 1 N–H and O–H groups in total. The van der Waals surface area contributed by atoms with Crippen LogP contribution in [0.1, 0.15) is 45.2 Å². The number of hydrogen-bond acceptors (Lipinski definition) is 2. The lowest BCUT2D eigenvalue weighted by atomic mass is 9.82. The van der Waals surface area contributed by atoms with Crippen LogP contribution in [0.25, 0.3) is 0 Å². The van der Waals surface area contributed by atoms with Crippen molar-refractivity contribution in [3.63, 3.8) is 0 Å². The van der Waals surface area contributed by atoms with E-state index < -0.39 is 16.8 Å². The highest BCUT2D eigenvalue weighted by Crippen LogP contribution is 2.34. The third kappa shape index (κ3) is 2.87. The summed E-state index contributed by atoms with van der Waals surface area (Å²) < 4.78 is 0. The SMILES string of the molecule is CCc1ccc(C(C)(C)C(=O)N2CCC(C)(C(=O)O)C2)cc1. The van der Waals surface area contributed by atoms with E-state index in [2.05, 4.69) is 19.1 Å². The average Bonchev–Trinajstić information content (AvgIpc) is 2.90. The van der Waals surface area contributed by atoms with Crippen LogP contribution in [-0.4, -0.2) is 35.0 Å². The first-order chi connectivity index (χ1) is 10.2. The Morgan fingerprint density at radius 2 is 1.86 bits per heavy atom. The van der Waals surface area contributed by atoms with Crippen molar-refractivity contribution in [3.05, 3.63) is 35.4 Å². The molecule has 1 heterocycles. The molecule has 4 nitrogen and oxygen atoms in total. The summed E-state index contributed by atoms with van der Waals surface area (Å²) in [4.78, 5) is 25.9. The summed E-state index contributed by atoms with van der Waals surface area (Å²) in [7, 11) is 0. The van der Waals surface area contributed by atoms with Crippen molar-refractivity contribution in [1.82, 2.24) is 4.90 Å². The summed E-state index contributed by atoms with van der Waals surface area (Å²) in [5.74, 6) is -0.824. The van der Waals surface area contributed by atoms with E-state index in [0.29, 0.717) is 13.0 Å². The zero-order valence-electron chi connectivity index (χ0n) is 13.8. The number of carboxylic acid groups (broad SMARTS) is 1. The minimum Gasteiger partial charge on any atom is -0.481 e. The van der Waals surface area contributed by atoms with Gasteiger partial charge in [0.2, 0.25) is 5.91 Å². The number of carbonyl (C=O) groups is 2. The van der Waals surface area contributed by atoms with E-state index in [4.69, 9.17) is 0 Å². The van der Waals surface area contributed by atoms with Gasteiger partial charge in [0.25, 0.3) is 0 Å². The molecule has 2 rings (SSSR count). The highest BCUT2D eigenvalue weighted by Gasteiger charge is 2.45. The molecule has 1 atom stereocenters. The highest BCUT2D eigenvalue weighted by molar-refractivity contribution is 5.88. The zero-order valence-corrected chi connectivity index (χ0v) is 13.8. The van der Waals surface area contributed by atoms with Crippen molar-refractivity contribution >= 4 is 11.9 Å². The first-order valence-corrected chi connectivity index (χ1v) is 7.83. The van der Waals surface area contributed by atoms with E-state index in [1.165, 1.54) is 5.56 Å². The number of carboxylic acids is 1. The monoisotopic (exact) mass is 303 g/mol. The third-order valence-corrected chi connectivity index (χ3v) is 4.90. The maximum atomic E-state index is 12.9. The predicted molar refractivity (Wildman–Crippen MR) is 85.8 cm³/mol. The van der Waals surface area contributed by atoms with Crippen molar-refractivity contribution < 1.29 is 14.7 Å². The molecule has 0 spiro atoms. The molecule has 0 saturated carbocycles. The van der Waals surface area contributed by atoms with Crippen LogP contribution < -0.4 is 0 Å². The minimum atomic E-state index is -0.826. The Balaban J connectivity index is 2.18. The number of carbonyl (C=O) groups excluding carboxylic acids is 1. The Morgan fingerprint density at radius 1 is 1.27 bits per heavy atom. The number of likely N-dealkylation sites (tertiary alicyclic amines) is 1. The molecule has 4 heteroatoms. The smallest absolute Gasteiger partial charge is 0.311 e. The van der Waals surface area contributed by atoms with Crippen molar-refractivity contribution in [3.8, 4) is 0 Å². The van der Waals surface area contributed by atoms with Crippen LogP contribution in [0.5, 0.6) is 0 Å². The summed E-state index contributed by atoms with van der Waals surface area (Å²) in [6, 6.07) is 8.11. The van der Waals surface area contributed by atoms with Gasteiger partial charge in [-0.1, -0.05) is 31.2 Å². The van der Waals surface area contributed by atoms with Crippen LogP contribution >= 0.6 is 0 Å². The summed E-state index contributed by atoms with van der Waals surface area (Å²) >= 11 is 0. The number of nitrogens with zero attached hydrogens (tertiary/aromatic N) is 1. The second-order valence-electron chi connectivity index (χ2n) is 7.02. The topological polar surface area (TPSA) is 57.6 Å². The van der Waals surface area contributed by atoms with Gasteiger partial charge in [-0.3, -0.25) is 9.59 Å². The van der Waals surface area contributed by atoms with E-state index in [1.54, 1.807) is 11.8 Å². The molecule has 1 saturated heterocycles. The molecule has 1 amide bonds. The molecule has 0 bridgehead atoms. The number of aryl methyl sites for hydroxylation is 1. The number of benzene rings is 1. The van der Waals surface area contributed by atoms with E-state index in [0.717, 1.165) is 12.0 Å². The minimum absolute atomic E-state index is 0.00160. The van der Waals surface area contributed by atoms with Crippen molar-refractivity contribution in [2.24, 2.45) is 5.41 Å². The van der Waals surface area contributed by atoms with Crippen LogP contribution in [0.2, 0.25) is 0 Å². The van der Waals surface area contributed by atoms with Crippen molar-refractivity contribution in [1.29, 1.82) is 0 Å². The lowest BCUT2D eigenvalue weighted by Gasteiger charge is -2.30. The van der Waals surface area contributed by atoms with Gasteiger partial charge < -0.3 is 10.0 Å². The molecular formula is C18H25NO3. The standard InChI is InChI=1S/C18H25NO3/c1-5-13-6-8-14(9-7-13)17(2,3)15(20)19-11-10-18(4,12-19)16(21)22/h6-9H,5,10-12H2,1-4H3,(H,21,22). The molecule has 1 aliphatic heterocycles. The van der Waals surface area contributed by atoms with Crippen LogP contribution in [0.15, 0.2) is 24.3 Å². The molecular weight excluding hydrogens is 278 g/mol. The van der Waals surface area contributed by atoms with Gasteiger partial charge in [-0.2, -0.15) is 0 Å². The number of amides is 1. The first kappa shape index (κ1) is 16.5. The maximum absolute atomic E-state index is 12.9. The summed E-state index contributed by atoms with van der Waals surface area (Å²) in [6.07, 6.45) is 1.48. The fraction of sp³-hybridized carbons (Fsp3) is 0.556. The second kappa shape index (κ2) is 5.75. The van der Waals surface area contributed by atoms with Gasteiger partial charge in [-0.05, 0) is 44.7 Å². The summed E-state index contributed by atoms with van der Waals surface area (Å²) in [5, 5.41) is 9.31. The Bertz CT molecular complexity index is 576. The fourth-order valence-electron chi connectivity index (χ4n) is 2.98. The predicted octanol–water partition coefficient (Wildman–Crippen LogP) is 2.85. The van der Waals surface area contributed by atoms with Crippen LogP contribution in [0.3, 0.4) is 0 Å². The van der Waals surface area contributed by atoms with Gasteiger partial charge >= 0.3 is 5.97 Å². The van der Waals surface area contributed by atoms with E-state index in [1.807, 2.05) is 26.0 Å². The first-order valence-electron chi connectivity index (χ1n) is 7.83. The quantitative estimate of drug-likeness (QED) is 0.930. The summed E-state index contributed by atoms with van der Waals surface area (Å²) in [6.45, 7) is 8.43. The number of hydrogen-bond donors (Lipinski definition) is 1. The molecule has 0 aromatic heterocycles. The fourth-order valence-corrected chi connectivity index (χ4v) is 2.98. The van der Waals surface area contributed by atoms with Crippen LogP contribution in [0, 0.1) is 5.41 Å². The van der Waals surface area contributed by atoms with Gasteiger partial charge in [-0.15, -0.1) is 0 Å². The molecule has 0 aliphatic carbocycles. The van der Waals surface area contributed by atoms with Gasteiger partial charge in [-0.25, -0.2) is 0 Å². The van der Waals surface area contributed by atoms with E-state index in [9.17, 15) is 14.7 Å². The molecule has 1 aromatic rings. The van der Waals surface area contributed by atoms with Gasteiger partial charge in [0.05, 0.1) is 10.8 Å². The number of aliphatic carboxylic acids is 1. The van der Waals surface area contributed by atoms with Crippen LogP contribution in [0.4, 0.5) is 0 Å². The van der Waals surface area contributed by atoms with Crippen molar-refractivity contribution in [2.45, 2.75) is 46.0 Å². The molecule has 0 radical (unpaired) electrons. The Labute approximate surface area is 132 Å². The average molecular weight is 303 g/mol. The lowest BCUT2D eigenvalue weighted by Crippen LogP contribution is -2.44. The molecule has 1 aromatic carbocycles. The molecule has 1 aliphatic rings. The normalized spacial score (nSPS) is 21.9. The lowest BCUT2D eigenvalue weighted by molar-refractivity contribution is -0.147. The molecule has 1 unspecified atom stereocenters. The largest absolute Gasteiger partial charge is 0.481 e. The Kier molecular flexibility index (Phi) is 4.32.